The summed E-state index contributed by atoms with van der Waals surface area (Å²) in [5, 5.41) is 3.00. The van der Waals surface area contributed by atoms with Gasteiger partial charge in [0.25, 0.3) is 10.0 Å². The first-order valence-electron chi connectivity index (χ1n) is 14.0. The molecule has 1 aliphatic carbocycles. The molecule has 2 amide bonds. The summed E-state index contributed by atoms with van der Waals surface area (Å²) in [6.45, 7) is 1.38. The molecule has 0 saturated heterocycles. The van der Waals surface area contributed by atoms with Crippen molar-refractivity contribution in [3.05, 3.63) is 84.2 Å². The molecule has 0 unspecified atom stereocenters. The maximum atomic E-state index is 14.7. The zero-order chi connectivity index (χ0) is 29.7. The van der Waals surface area contributed by atoms with Crippen LogP contribution in [0.5, 0.6) is 11.5 Å². The third-order valence-electron chi connectivity index (χ3n) is 7.59. The highest BCUT2D eigenvalue weighted by molar-refractivity contribution is 7.92. The fourth-order valence-corrected chi connectivity index (χ4v) is 6.65. The molecular formula is C31H34FN3O6S. The summed E-state index contributed by atoms with van der Waals surface area (Å²) in [6, 6.07) is 17.4. The maximum Gasteiger partial charge on any atom is 0.264 e. The molecule has 0 spiro atoms. The van der Waals surface area contributed by atoms with Crippen LogP contribution in [0.25, 0.3) is 0 Å². The number of carbonyl (C=O) groups excluding carboxylic acids is 2. The van der Waals surface area contributed by atoms with Gasteiger partial charge in [0, 0.05) is 24.2 Å². The van der Waals surface area contributed by atoms with Gasteiger partial charge in [0.2, 0.25) is 11.8 Å². The first kappa shape index (κ1) is 29.4. The lowest BCUT2D eigenvalue weighted by Crippen LogP contribution is -2.52. The number of fused-ring (bicyclic) bond motifs is 1. The number of hydrogen-bond acceptors (Lipinski definition) is 6. The van der Waals surface area contributed by atoms with Crippen molar-refractivity contribution in [2.75, 3.05) is 24.1 Å². The number of carbonyl (C=O) groups is 2. The second kappa shape index (κ2) is 12.8. The monoisotopic (exact) mass is 595 g/mol. The number of nitrogens with zero attached hydrogens (tertiary/aromatic N) is 2. The summed E-state index contributed by atoms with van der Waals surface area (Å²) < 4.78 is 54.9. The van der Waals surface area contributed by atoms with Crippen molar-refractivity contribution in [1.29, 1.82) is 0 Å². The van der Waals surface area contributed by atoms with Gasteiger partial charge in [-0.05, 0) is 50.1 Å². The highest BCUT2D eigenvalue weighted by atomic mass is 32.2. The van der Waals surface area contributed by atoms with Crippen LogP contribution in [0.3, 0.4) is 0 Å². The fourth-order valence-electron chi connectivity index (χ4n) is 5.22. The first-order valence-corrected chi connectivity index (χ1v) is 15.5. The molecule has 5 rings (SSSR count). The quantitative estimate of drug-likeness (QED) is 0.376. The molecular weight excluding hydrogens is 561 g/mol. The van der Waals surface area contributed by atoms with Gasteiger partial charge >= 0.3 is 0 Å². The third-order valence-corrected chi connectivity index (χ3v) is 9.38. The smallest absolute Gasteiger partial charge is 0.264 e. The number of sulfonamides is 1. The minimum absolute atomic E-state index is 0.0121. The van der Waals surface area contributed by atoms with Gasteiger partial charge in [0.1, 0.15) is 31.6 Å². The van der Waals surface area contributed by atoms with E-state index in [0.717, 1.165) is 30.0 Å². The van der Waals surface area contributed by atoms with Crippen molar-refractivity contribution in [3.63, 3.8) is 0 Å². The molecule has 2 aliphatic rings. The second-order valence-electron chi connectivity index (χ2n) is 10.4. The molecule has 9 nitrogen and oxygen atoms in total. The van der Waals surface area contributed by atoms with Crippen LogP contribution in [0.1, 0.15) is 38.2 Å². The van der Waals surface area contributed by atoms with Gasteiger partial charge in [-0.15, -0.1) is 0 Å². The van der Waals surface area contributed by atoms with Crippen LogP contribution in [0, 0.1) is 5.82 Å². The number of ether oxygens (including phenoxy) is 2. The van der Waals surface area contributed by atoms with E-state index in [-0.39, 0.29) is 34.6 Å². The van der Waals surface area contributed by atoms with E-state index in [2.05, 4.69) is 5.32 Å². The Bertz CT molecular complexity index is 1530. The normalized spacial score (nSPS) is 15.6. The topological polar surface area (TPSA) is 105 Å². The molecule has 11 heteroatoms. The number of nitrogens with one attached hydrogen (secondary N) is 1. The molecule has 0 aromatic heterocycles. The molecule has 42 heavy (non-hydrogen) atoms. The molecule has 3 aromatic rings. The molecule has 222 valence electrons. The fraction of sp³-hybridized carbons (Fsp3) is 0.355. The standard InChI is InChI=1S/C31H34FN3O6S/c1-22(31(37)33-24-10-6-7-11-24)34(20-23-9-5-8-14-27(23)32)30(36)21-35(42(38,39)26-12-3-2-4-13-26)25-15-16-28-29(19-25)41-18-17-40-28/h2-5,8-9,12-16,19,22,24H,6-7,10-11,17-18,20-21H2,1H3,(H,33,37)/t22-/m0/s1. The maximum absolute atomic E-state index is 14.7. The van der Waals surface area contributed by atoms with Crippen LogP contribution in [-0.2, 0) is 26.2 Å². The Morgan fingerprint density at radius 1 is 0.952 bits per heavy atom. The van der Waals surface area contributed by atoms with E-state index >= 15 is 0 Å². The van der Waals surface area contributed by atoms with E-state index in [1.807, 2.05) is 0 Å². The highest BCUT2D eigenvalue weighted by Gasteiger charge is 2.34. The molecule has 0 radical (unpaired) electrons. The minimum atomic E-state index is -4.24. The summed E-state index contributed by atoms with van der Waals surface area (Å²) in [5.41, 5.74) is 0.397. The molecule has 1 fully saturated rings. The predicted octanol–water partition coefficient (Wildman–Crippen LogP) is 4.27. The van der Waals surface area contributed by atoms with E-state index in [4.69, 9.17) is 9.47 Å². The molecule has 1 atom stereocenters. The number of rotatable bonds is 10. The second-order valence-corrected chi connectivity index (χ2v) is 12.3. The van der Waals surface area contributed by atoms with Crippen molar-refractivity contribution in [2.24, 2.45) is 0 Å². The van der Waals surface area contributed by atoms with E-state index in [1.54, 1.807) is 43.3 Å². The summed E-state index contributed by atoms with van der Waals surface area (Å²) >= 11 is 0. The van der Waals surface area contributed by atoms with Gasteiger partial charge in [-0.25, -0.2) is 12.8 Å². The zero-order valence-corrected chi connectivity index (χ0v) is 24.2. The van der Waals surface area contributed by atoms with Crippen LogP contribution < -0.4 is 19.1 Å². The van der Waals surface area contributed by atoms with Gasteiger partial charge < -0.3 is 19.7 Å². The van der Waals surface area contributed by atoms with Crippen molar-refractivity contribution in [1.82, 2.24) is 10.2 Å². The molecule has 1 N–H and O–H groups in total. The van der Waals surface area contributed by atoms with Crippen LogP contribution in [-0.4, -0.2) is 57.0 Å². The van der Waals surface area contributed by atoms with E-state index < -0.39 is 34.3 Å². The summed E-state index contributed by atoms with van der Waals surface area (Å²) in [5.74, 6) is -0.747. The van der Waals surface area contributed by atoms with Gasteiger partial charge in [0.05, 0.1) is 10.6 Å². The number of hydrogen-bond donors (Lipinski definition) is 1. The molecule has 1 saturated carbocycles. The largest absolute Gasteiger partial charge is 0.486 e. The zero-order valence-electron chi connectivity index (χ0n) is 23.4. The Kier molecular flexibility index (Phi) is 8.96. The Hall–Kier alpha value is -4.12. The lowest BCUT2D eigenvalue weighted by atomic mass is 10.1. The van der Waals surface area contributed by atoms with Crippen molar-refractivity contribution in [2.45, 2.75) is 56.1 Å². The SMILES string of the molecule is C[C@@H](C(=O)NC1CCCC1)N(Cc1ccccc1F)C(=O)CN(c1ccc2c(c1)OCCO2)S(=O)(=O)c1ccccc1. The number of amides is 2. The lowest BCUT2D eigenvalue weighted by molar-refractivity contribution is -0.139. The van der Waals surface area contributed by atoms with Gasteiger partial charge in [0.15, 0.2) is 11.5 Å². The van der Waals surface area contributed by atoms with E-state index in [9.17, 15) is 22.4 Å². The summed E-state index contributed by atoms with van der Waals surface area (Å²) in [6.07, 6.45) is 3.73. The van der Waals surface area contributed by atoms with Crippen molar-refractivity contribution < 1.29 is 31.9 Å². The van der Waals surface area contributed by atoms with Gasteiger partial charge in [-0.1, -0.05) is 49.2 Å². The van der Waals surface area contributed by atoms with Crippen LogP contribution >= 0.6 is 0 Å². The molecule has 1 heterocycles. The molecule has 0 bridgehead atoms. The first-order chi connectivity index (χ1) is 20.2. The van der Waals surface area contributed by atoms with Crippen molar-refractivity contribution in [3.8, 4) is 11.5 Å². The van der Waals surface area contributed by atoms with Crippen LogP contribution in [0.15, 0.2) is 77.7 Å². The Morgan fingerprint density at radius 3 is 2.33 bits per heavy atom. The van der Waals surface area contributed by atoms with Crippen LogP contribution in [0.4, 0.5) is 10.1 Å². The van der Waals surface area contributed by atoms with E-state index in [1.165, 1.54) is 41.3 Å². The lowest BCUT2D eigenvalue weighted by Gasteiger charge is -2.32. The number of halogens is 1. The van der Waals surface area contributed by atoms with E-state index in [0.29, 0.717) is 24.7 Å². The number of anilines is 1. The Morgan fingerprint density at radius 2 is 1.62 bits per heavy atom. The van der Waals surface area contributed by atoms with Gasteiger partial charge in [-0.3, -0.25) is 13.9 Å². The summed E-state index contributed by atoms with van der Waals surface area (Å²) in [7, 11) is -4.24. The summed E-state index contributed by atoms with van der Waals surface area (Å²) in [4.78, 5) is 28.6. The average Bonchev–Trinajstić information content (AvgIpc) is 3.52. The van der Waals surface area contributed by atoms with Crippen LogP contribution in [0.2, 0.25) is 0 Å². The predicted molar refractivity (Wildman–Crippen MR) is 155 cm³/mol. The minimum Gasteiger partial charge on any atom is -0.486 e. The molecule has 3 aromatic carbocycles. The Labute approximate surface area is 245 Å². The molecule has 1 aliphatic heterocycles. The van der Waals surface area contributed by atoms with Crippen molar-refractivity contribution >= 4 is 27.5 Å². The highest BCUT2D eigenvalue weighted by Crippen LogP contribution is 2.36. The number of benzene rings is 3. The Balaban J connectivity index is 1.50. The third kappa shape index (κ3) is 6.51. The van der Waals surface area contributed by atoms with Gasteiger partial charge in [-0.2, -0.15) is 0 Å². The average molecular weight is 596 g/mol.